The van der Waals surface area contributed by atoms with Crippen LogP contribution in [-0.4, -0.2) is 9.78 Å². The molecule has 1 heterocycles. The van der Waals surface area contributed by atoms with Crippen molar-refractivity contribution in [3.63, 3.8) is 0 Å². The second-order valence-corrected chi connectivity index (χ2v) is 2.76. The molecule has 0 bridgehead atoms. The molecule has 0 saturated heterocycles. The number of nitrogens with zero attached hydrogens (tertiary/aromatic N) is 2. The quantitative estimate of drug-likeness (QED) is 0.739. The highest BCUT2D eigenvalue weighted by atomic mass is 15.3. The van der Waals surface area contributed by atoms with Gasteiger partial charge in [0.1, 0.15) is 6.17 Å². The van der Waals surface area contributed by atoms with E-state index in [-0.39, 0.29) is 6.17 Å². The van der Waals surface area contributed by atoms with Crippen LogP contribution in [0.2, 0.25) is 0 Å². The maximum Gasteiger partial charge on any atom is 0.124 e. The van der Waals surface area contributed by atoms with E-state index in [1.807, 2.05) is 36.5 Å². The summed E-state index contributed by atoms with van der Waals surface area (Å²) in [6.07, 6.45) is 3.36. The molecule has 0 amide bonds. The Kier molecular flexibility index (Phi) is 2.10. The zero-order valence-electron chi connectivity index (χ0n) is 7.09. The van der Waals surface area contributed by atoms with Crippen LogP contribution in [0.1, 0.15) is 11.7 Å². The Labute approximate surface area is 76.8 Å². The van der Waals surface area contributed by atoms with Gasteiger partial charge in [-0.15, -0.1) is 0 Å². The molecule has 2 rings (SSSR count). The van der Waals surface area contributed by atoms with Crippen molar-refractivity contribution in [3.8, 4) is 0 Å². The lowest BCUT2D eigenvalue weighted by Gasteiger charge is -2.11. The lowest BCUT2D eigenvalue weighted by Crippen LogP contribution is -2.20. The van der Waals surface area contributed by atoms with E-state index in [1.165, 1.54) is 0 Å². The van der Waals surface area contributed by atoms with E-state index in [4.69, 9.17) is 5.73 Å². The highest BCUT2D eigenvalue weighted by Crippen LogP contribution is 2.09. The highest BCUT2D eigenvalue weighted by molar-refractivity contribution is 5.17. The summed E-state index contributed by atoms with van der Waals surface area (Å²) in [5, 5.41) is 4.07. The molecule has 0 aliphatic heterocycles. The molecule has 1 aromatic carbocycles. The summed E-state index contributed by atoms with van der Waals surface area (Å²) >= 11 is 0. The first kappa shape index (κ1) is 8.01. The molecular formula is C10H10N3. The maximum absolute atomic E-state index is 5.95. The van der Waals surface area contributed by atoms with Gasteiger partial charge in [-0.25, -0.2) is 0 Å². The molecule has 0 aliphatic rings. The highest BCUT2D eigenvalue weighted by Gasteiger charge is 2.05. The molecule has 2 aromatic rings. The summed E-state index contributed by atoms with van der Waals surface area (Å²) in [7, 11) is 0. The monoisotopic (exact) mass is 172 g/mol. The number of aromatic nitrogens is 2. The normalized spacial score (nSPS) is 12.7. The molecule has 2 N–H and O–H groups in total. The van der Waals surface area contributed by atoms with Crippen LogP contribution in [0.5, 0.6) is 0 Å². The molecule has 0 spiro atoms. The molecule has 3 heteroatoms. The van der Waals surface area contributed by atoms with E-state index in [0.29, 0.717) is 0 Å². The van der Waals surface area contributed by atoms with Crippen molar-refractivity contribution < 1.29 is 0 Å². The van der Waals surface area contributed by atoms with Crippen molar-refractivity contribution in [2.75, 3.05) is 0 Å². The van der Waals surface area contributed by atoms with Gasteiger partial charge in [0.05, 0.1) is 0 Å². The second-order valence-electron chi connectivity index (χ2n) is 2.76. The van der Waals surface area contributed by atoms with Crippen LogP contribution in [-0.2, 0) is 0 Å². The Morgan fingerprint density at radius 2 is 2.15 bits per heavy atom. The molecule has 1 aromatic heterocycles. The van der Waals surface area contributed by atoms with E-state index in [0.717, 1.165) is 5.56 Å². The second kappa shape index (κ2) is 3.41. The Balaban J connectivity index is 2.29. The Morgan fingerprint density at radius 3 is 2.77 bits per heavy atom. The first-order valence-corrected chi connectivity index (χ1v) is 4.08. The minimum absolute atomic E-state index is 0.204. The van der Waals surface area contributed by atoms with Crippen molar-refractivity contribution in [2.24, 2.45) is 5.73 Å². The molecule has 3 nitrogen and oxygen atoms in total. The maximum atomic E-state index is 5.95. The topological polar surface area (TPSA) is 43.8 Å². The van der Waals surface area contributed by atoms with E-state index in [9.17, 15) is 0 Å². The molecule has 1 atom stereocenters. The van der Waals surface area contributed by atoms with Crippen LogP contribution < -0.4 is 5.73 Å². The first-order valence-electron chi connectivity index (χ1n) is 4.08. The summed E-state index contributed by atoms with van der Waals surface area (Å²) < 4.78 is 1.72. The van der Waals surface area contributed by atoms with E-state index in [2.05, 4.69) is 11.2 Å². The third-order valence-electron chi connectivity index (χ3n) is 1.90. The van der Waals surface area contributed by atoms with Crippen molar-refractivity contribution in [1.82, 2.24) is 9.78 Å². The Morgan fingerprint density at radius 1 is 1.38 bits per heavy atom. The van der Waals surface area contributed by atoms with Crippen molar-refractivity contribution in [3.05, 3.63) is 54.4 Å². The van der Waals surface area contributed by atoms with Crippen molar-refractivity contribution >= 4 is 0 Å². The van der Waals surface area contributed by atoms with Gasteiger partial charge in [-0.05, 0) is 17.7 Å². The van der Waals surface area contributed by atoms with Crippen molar-refractivity contribution in [1.29, 1.82) is 0 Å². The minimum Gasteiger partial charge on any atom is -0.306 e. The molecule has 1 radical (unpaired) electrons. The van der Waals surface area contributed by atoms with E-state index >= 15 is 0 Å². The summed E-state index contributed by atoms with van der Waals surface area (Å²) in [4.78, 5) is 0. The lowest BCUT2D eigenvalue weighted by atomic mass is 10.2. The van der Waals surface area contributed by atoms with Gasteiger partial charge in [0.2, 0.25) is 0 Å². The van der Waals surface area contributed by atoms with Crippen LogP contribution >= 0.6 is 0 Å². The fraction of sp³-hybridized carbons (Fsp3) is 0.100. The number of nitrogens with two attached hydrogens (primary N) is 1. The molecule has 1 unspecified atom stereocenters. The predicted octanol–water partition coefficient (Wildman–Crippen LogP) is 1.19. The molecule has 13 heavy (non-hydrogen) atoms. The van der Waals surface area contributed by atoms with E-state index in [1.54, 1.807) is 10.9 Å². The molecule has 0 saturated carbocycles. The first-order chi connectivity index (χ1) is 6.38. The molecular weight excluding hydrogens is 162 g/mol. The fourth-order valence-electron chi connectivity index (χ4n) is 1.19. The van der Waals surface area contributed by atoms with Crippen LogP contribution in [0.25, 0.3) is 0 Å². The summed E-state index contributed by atoms with van der Waals surface area (Å²) in [5.74, 6) is 0. The van der Waals surface area contributed by atoms with Crippen LogP contribution in [0, 0.1) is 6.07 Å². The third-order valence-corrected chi connectivity index (χ3v) is 1.90. The molecule has 65 valence electrons. The standard InChI is InChI=1S/C10H10N3/c11-10(13-8-4-7-12-13)9-5-2-1-3-6-9/h2-8,10H,11H2. The molecule has 0 fully saturated rings. The predicted molar refractivity (Wildman–Crippen MR) is 49.8 cm³/mol. The average Bonchev–Trinajstić information content (AvgIpc) is 2.71. The summed E-state index contributed by atoms with van der Waals surface area (Å²) in [5.41, 5.74) is 6.98. The van der Waals surface area contributed by atoms with Gasteiger partial charge in [0, 0.05) is 12.4 Å². The number of hydrogen-bond donors (Lipinski definition) is 1. The van der Waals surface area contributed by atoms with Crippen LogP contribution in [0.3, 0.4) is 0 Å². The van der Waals surface area contributed by atoms with Gasteiger partial charge >= 0.3 is 0 Å². The average molecular weight is 172 g/mol. The van der Waals surface area contributed by atoms with Gasteiger partial charge in [-0.3, -0.25) is 4.68 Å². The largest absolute Gasteiger partial charge is 0.306 e. The Bertz CT molecular complexity index is 353. The Hall–Kier alpha value is -1.61. The van der Waals surface area contributed by atoms with E-state index < -0.39 is 0 Å². The number of rotatable bonds is 2. The van der Waals surface area contributed by atoms with Gasteiger partial charge in [0.15, 0.2) is 0 Å². The number of benzene rings is 1. The lowest BCUT2D eigenvalue weighted by molar-refractivity contribution is 0.542. The summed E-state index contributed by atoms with van der Waals surface area (Å²) in [6.45, 7) is 0. The minimum atomic E-state index is -0.204. The van der Waals surface area contributed by atoms with Gasteiger partial charge in [-0.1, -0.05) is 24.3 Å². The van der Waals surface area contributed by atoms with Gasteiger partial charge in [0.25, 0.3) is 0 Å². The van der Waals surface area contributed by atoms with Gasteiger partial charge in [-0.2, -0.15) is 5.10 Å². The van der Waals surface area contributed by atoms with Crippen LogP contribution in [0.15, 0.2) is 42.7 Å². The zero-order valence-corrected chi connectivity index (χ0v) is 7.09. The van der Waals surface area contributed by atoms with Crippen molar-refractivity contribution in [2.45, 2.75) is 6.17 Å². The zero-order chi connectivity index (χ0) is 9.10. The smallest absolute Gasteiger partial charge is 0.124 e. The van der Waals surface area contributed by atoms with Gasteiger partial charge < -0.3 is 5.73 Å². The molecule has 0 aliphatic carbocycles. The number of hydrogen-bond acceptors (Lipinski definition) is 2. The third kappa shape index (κ3) is 1.60. The fourth-order valence-corrected chi connectivity index (χ4v) is 1.19. The van der Waals surface area contributed by atoms with Crippen LogP contribution in [0.4, 0.5) is 0 Å². The SMILES string of the molecule is NC(c1cc[c]cc1)n1cccn1. The summed E-state index contributed by atoms with van der Waals surface area (Å²) in [6, 6.07) is 12.4.